The Morgan fingerprint density at radius 1 is 1.37 bits per heavy atom. The van der Waals surface area contributed by atoms with Crippen molar-refractivity contribution in [1.82, 2.24) is 14.9 Å². The van der Waals surface area contributed by atoms with Crippen molar-refractivity contribution in [3.63, 3.8) is 0 Å². The van der Waals surface area contributed by atoms with Crippen molar-refractivity contribution in [1.29, 1.82) is 0 Å². The molecule has 19 heavy (non-hydrogen) atoms. The van der Waals surface area contributed by atoms with E-state index in [9.17, 15) is 4.79 Å². The summed E-state index contributed by atoms with van der Waals surface area (Å²) in [6, 6.07) is 0.353. The fourth-order valence-electron chi connectivity index (χ4n) is 2.55. The zero-order valence-electron chi connectivity index (χ0n) is 11.7. The average Bonchev–Trinajstić information content (AvgIpc) is 2.47. The SMILES string of the molecule is CCNc1cncc(C(=O)N(C)C2CCCCC2)n1. The number of nitrogens with one attached hydrogen (secondary N) is 1. The minimum Gasteiger partial charge on any atom is -0.369 e. The monoisotopic (exact) mass is 262 g/mol. The molecule has 0 aromatic carbocycles. The number of hydrogen-bond donors (Lipinski definition) is 1. The lowest BCUT2D eigenvalue weighted by Crippen LogP contribution is -2.38. The molecular formula is C14H22N4O. The van der Waals surface area contributed by atoms with Gasteiger partial charge in [-0.15, -0.1) is 0 Å². The highest BCUT2D eigenvalue weighted by Crippen LogP contribution is 2.22. The summed E-state index contributed by atoms with van der Waals surface area (Å²) in [6.07, 6.45) is 9.10. The van der Waals surface area contributed by atoms with Crippen LogP contribution in [0.4, 0.5) is 5.82 Å². The van der Waals surface area contributed by atoms with E-state index in [1.165, 1.54) is 19.3 Å². The van der Waals surface area contributed by atoms with E-state index < -0.39 is 0 Å². The zero-order chi connectivity index (χ0) is 13.7. The minimum absolute atomic E-state index is 0.0286. The second-order valence-electron chi connectivity index (χ2n) is 5.03. The number of rotatable bonds is 4. The van der Waals surface area contributed by atoms with Gasteiger partial charge in [0.2, 0.25) is 0 Å². The van der Waals surface area contributed by atoms with Gasteiger partial charge in [0, 0.05) is 19.6 Å². The van der Waals surface area contributed by atoms with Gasteiger partial charge in [-0.25, -0.2) is 4.98 Å². The molecular weight excluding hydrogens is 240 g/mol. The molecule has 1 N–H and O–H groups in total. The van der Waals surface area contributed by atoms with Gasteiger partial charge in [-0.05, 0) is 19.8 Å². The Kier molecular flexibility index (Phi) is 4.71. The lowest BCUT2D eigenvalue weighted by atomic mass is 9.94. The van der Waals surface area contributed by atoms with E-state index in [-0.39, 0.29) is 5.91 Å². The lowest BCUT2D eigenvalue weighted by Gasteiger charge is -2.30. The Morgan fingerprint density at radius 3 is 2.79 bits per heavy atom. The van der Waals surface area contributed by atoms with Crippen molar-refractivity contribution in [3.05, 3.63) is 18.1 Å². The van der Waals surface area contributed by atoms with Crippen LogP contribution in [0.3, 0.4) is 0 Å². The van der Waals surface area contributed by atoms with E-state index in [1.807, 2.05) is 18.9 Å². The molecule has 5 nitrogen and oxygen atoms in total. The molecule has 1 fully saturated rings. The lowest BCUT2D eigenvalue weighted by molar-refractivity contribution is 0.0690. The van der Waals surface area contributed by atoms with Crippen molar-refractivity contribution in [2.45, 2.75) is 45.1 Å². The summed E-state index contributed by atoms with van der Waals surface area (Å²) in [7, 11) is 1.87. The second-order valence-corrected chi connectivity index (χ2v) is 5.03. The predicted molar refractivity (Wildman–Crippen MR) is 75.2 cm³/mol. The van der Waals surface area contributed by atoms with Gasteiger partial charge >= 0.3 is 0 Å². The first-order valence-electron chi connectivity index (χ1n) is 7.05. The van der Waals surface area contributed by atoms with E-state index >= 15 is 0 Å². The van der Waals surface area contributed by atoms with Crippen molar-refractivity contribution < 1.29 is 4.79 Å². The van der Waals surface area contributed by atoms with Gasteiger partial charge in [0.1, 0.15) is 11.5 Å². The highest BCUT2D eigenvalue weighted by atomic mass is 16.2. The van der Waals surface area contributed by atoms with Crippen LogP contribution in [-0.2, 0) is 0 Å². The quantitative estimate of drug-likeness (QED) is 0.904. The molecule has 1 heterocycles. The summed E-state index contributed by atoms with van der Waals surface area (Å²) >= 11 is 0. The van der Waals surface area contributed by atoms with E-state index in [2.05, 4.69) is 15.3 Å². The van der Waals surface area contributed by atoms with Gasteiger partial charge in [-0.1, -0.05) is 19.3 Å². The van der Waals surface area contributed by atoms with Crippen LogP contribution >= 0.6 is 0 Å². The third-order valence-electron chi connectivity index (χ3n) is 3.65. The standard InChI is InChI=1S/C14H22N4O/c1-3-16-13-10-15-9-12(17-13)14(19)18(2)11-7-5-4-6-8-11/h9-11H,3-8H2,1-2H3,(H,16,17). The summed E-state index contributed by atoms with van der Waals surface area (Å²) in [4.78, 5) is 22.6. The first kappa shape index (κ1) is 13.8. The maximum Gasteiger partial charge on any atom is 0.274 e. The van der Waals surface area contributed by atoms with Crippen LogP contribution in [0, 0.1) is 0 Å². The van der Waals surface area contributed by atoms with Crippen molar-refractivity contribution in [2.75, 3.05) is 18.9 Å². The van der Waals surface area contributed by atoms with E-state index in [0.717, 1.165) is 19.4 Å². The van der Waals surface area contributed by atoms with Crippen LogP contribution in [0.25, 0.3) is 0 Å². The highest BCUT2D eigenvalue weighted by Gasteiger charge is 2.24. The van der Waals surface area contributed by atoms with Gasteiger partial charge in [0.15, 0.2) is 0 Å². The Hall–Kier alpha value is -1.65. The second kappa shape index (κ2) is 6.50. The van der Waals surface area contributed by atoms with Crippen LogP contribution in [-0.4, -0.2) is 40.4 Å². The summed E-state index contributed by atoms with van der Waals surface area (Å²) in [6.45, 7) is 2.76. The van der Waals surface area contributed by atoms with Gasteiger partial charge in [0.25, 0.3) is 5.91 Å². The number of carbonyl (C=O) groups excluding carboxylic acids is 1. The summed E-state index contributed by atoms with van der Waals surface area (Å²) in [5.74, 6) is 0.629. The fraction of sp³-hybridized carbons (Fsp3) is 0.643. The molecule has 0 saturated heterocycles. The molecule has 1 aromatic heterocycles. The highest BCUT2D eigenvalue weighted by molar-refractivity contribution is 5.92. The molecule has 104 valence electrons. The van der Waals surface area contributed by atoms with Crippen molar-refractivity contribution in [2.24, 2.45) is 0 Å². The first-order valence-corrected chi connectivity index (χ1v) is 7.05. The molecule has 2 rings (SSSR count). The Morgan fingerprint density at radius 2 is 2.11 bits per heavy atom. The Balaban J connectivity index is 2.07. The molecule has 5 heteroatoms. The first-order chi connectivity index (χ1) is 9.22. The molecule has 0 spiro atoms. The van der Waals surface area contributed by atoms with Crippen LogP contribution in [0.5, 0.6) is 0 Å². The number of aromatic nitrogens is 2. The molecule has 1 aromatic rings. The van der Waals surface area contributed by atoms with E-state index in [4.69, 9.17) is 0 Å². The number of hydrogen-bond acceptors (Lipinski definition) is 4. The Bertz CT molecular complexity index is 429. The normalized spacial score (nSPS) is 16.1. The largest absolute Gasteiger partial charge is 0.369 e. The molecule has 1 aliphatic carbocycles. The van der Waals surface area contributed by atoms with E-state index in [0.29, 0.717) is 17.6 Å². The molecule has 0 radical (unpaired) electrons. The Labute approximate surface area is 114 Å². The van der Waals surface area contributed by atoms with Crippen molar-refractivity contribution >= 4 is 11.7 Å². The minimum atomic E-state index is -0.0286. The van der Waals surface area contributed by atoms with Gasteiger partial charge in [-0.2, -0.15) is 0 Å². The van der Waals surface area contributed by atoms with Crippen LogP contribution in [0.1, 0.15) is 49.5 Å². The van der Waals surface area contributed by atoms with Crippen molar-refractivity contribution in [3.8, 4) is 0 Å². The molecule has 0 unspecified atom stereocenters. The summed E-state index contributed by atoms with van der Waals surface area (Å²) < 4.78 is 0. The summed E-state index contributed by atoms with van der Waals surface area (Å²) in [5, 5.41) is 3.08. The molecule has 0 atom stereocenters. The van der Waals surface area contributed by atoms with Crippen LogP contribution < -0.4 is 5.32 Å². The third-order valence-corrected chi connectivity index (χ3v) is 3.65. The third kappa shape index (κ3) is 3.43. The maximum atomic E-state index is 12.4. The van der Waals surface area contributed by atoms with Crippen LogP contribution in [0.2, 0.25) is 0 Å². The smallest absolute Gasteiger partial charge is 0.274 e. The number of carbonyl (C=O) groups is 1. The van der Waals surface area contributed by atoms with E-state index in [1.54, 1.807) is 12.4 Å². The molecule has 1 aliphatic rings. The predicted octanol–water partition coefficient (Wildman–Crippen LogP) is 2.31. The van der Waals surface area contributed by atoms with Gasteiger partial charge in [0.05, 0.1) is 12.4 Å². The average molecular weight is 262 g/mol. The van der Waals surface area contributed by atoms with Crippen LogP contribution in [0.15, 0.2) is 12.4 Å². The molecule has 0 bridgehead atoms. The number of amides is 1. The fourth-order valence-corrected chi connectivity index (χ4v) is 2.55. The number of nitrogens with zero attached hydrogens (tertiary/aromatic N) is 3. The maximum absolute atomic E-state index is 12.4. The molecule has 1 amide bonds. The summed E-state index contributed by atoms with van der Waals surface area (Å²) in [5.41, 5.74) is 0.423. The number of anilines is 1. The topological polar surface area (TPSA) is 58.1 Å². The van der Waals surface area contributed by atoms with Gasteiger partial charge < -0.3 is 10.2 Å². The molecule has 0 aliphatic heterocycles. The molecule has 1 saturated carbocycles. The zero-order valence-corrected chi connectivity index (χ0v) is 11.7. The van der Waals surface area contributed by atoms with Gasteiger partial charge in [-0.3, -0.25) is 9.78 Å².